The third-order valence-electron chi connectivity index (χ3n) is 4.71. The molecule has 25 heavy (non-hydrogen) atoms. The van der Waals surface area contributed by atoms with Crippen LogP contribution in [0.4, 0.5) is 5.69 Å². The van der Waals surface area contributed by atoms with Gasteiger partial charge in [0.1, 0.15) is 0 Å². The monoisotopic (exact) mass is 336 g/mol. The lowest BCUT2D eigenvalue weighted by Gasteiger charge is -2.17. The Hall–Kier alpha value is -2.62. The first-order valence-electron chi connectivity index (χ1n) is 8.77. The van der Waals surface area contributed by atoms with Gasteiger partial charge in [-0.05, 0) is 36.1 Å². The molecule has 0 aromatic heterocycles. The Morgan fingerprint density at radius 3 is 2.32 bits per heavy atom. The third kappa shape index (κ3) is 4.27. The largest absolute Gasteiger partial charge is 0.341 e. The van der Waals surface area contributed by atoms with E-state index in [4.69, 9.17) is 0 Å². The smallest absolute Gasteiger partial charge is 0.228 e. The predicted molar refractivity (Wildman–Crippen MR) is 99.0 cm³/mol. The van der Waals surface area contributed by atoms with Crippen LogP contribution < -0.4 is 5.32 Å². The summed E-state index contributed by atoms with van der Waals surface area (Å²) in [7, 11) is 1.80. The maximum absolute atomic E-state index is 12.5. The topological polar surface area (TPSA) is 49.4 Å². The van der Waals surface area contributed by atoms with Crippen molar-refractivity contribution in [1.82, 2.24) is 4.90 Å². The highest BCUT2D eigenvalue weighted by Crippen LogP contribution is 2.40. The summed E-state index contributed by atoms with van der Waals surface area (Å²) >= 11 is 0. The van der Waals surface area contributed by atoms with Crippen LogP contribution in [0.15, 0.2) is 54.6 Å². The van der Waals surface area contributed by atoms with E-state index < -0.39 is 0 Å². The van der Waals surface area contributed by atoms with Crippen LogP contribution in [0.5, 0.6) is 0 Å². The van der Waals surface area contributed by atoms with E-state index in [2.05, 4.69) is 12.2 Å². The number of hydrogen-bond acceptors (Lipinski definition) is 2. The first-order valence-corrected chi connectivity index (χ1v) is 8.77. The zero-order valence-electron chi connectivity index (χ0n) is 14.7. The van der Waals surface area contributed by atoms with Gasteiger partial charge in [-0.2, -0.15) is 0 Å². The molecule has 0 aliphatic heterocycles. The van der Waals surface area contributed by atoms with Crippen LogP contribution in [0.25, 0.3) is 0 Å². The SMILES string of the molecule is CCc1ccc(NC(=O)C2CC2C(=O)N(C)Cc2ccccc2)cc1. The van der Waals surface area contributed by atoms with Gasteiger partial charge in [-0.1, -0.05) is 49.4 Å². The molecule has 1 aliphatic carbocycles. The molecule has 130 valence electrons. The molecule has 0 radical (unpaired) electrons. The van der Waals surface area contributed by atoms with Crippen molar-refractivity contribution >= 4 is 17.5 Å². The van der Waals surface area contributed by atoms with E-state index in [-0.39, 0.29) is 23.7 Å². The Bertz CT molecular complexity index is 740. The van der Waals surface area contributed by atoms with Gasteiger partial charge in [0.05, 0.1) is 11.8 Å². The molecule has 2 unspecified atom stereocenters. The first kappa shape index (κ1) is 17.2. The fourth-order valence-corrected chi connectivity index (χ4v) is 3.03. The van der Waals surface area contributed by atoms with Crippen molar-refractivity contribution < 1.29 is 9.59 Å². The van der Waals surface area contributed by atoms with Crippen molar-refractivity contribution in [3.05, 3.63) is 65.7 Å². The highest BCUT2D eigenvalue weighted by Gasteiger charge is 2.49. The summed E-state index contributed by atoms with van der Waals surface area (Å²) in [6, 6.07) is 17.7. The molecule has 4 nitrogen and oxygen atoms in total. The first-order chi connectivity index (χ1) is 12.1. The number of carbonyl (C=O) groups is 2. The van der Waals surface area contributed by atoms with Crippen molar-refractivity contribution in [3.8, 4) is 0 Å². The van der Waals surface area contributed by atoms with Crippen LogP contribution in [0.2, 0.25) is 0 Å². The van der Waals surface area contributed by atoms with E-state index in [1.165, 1.54) is 5.56 Å². The number of rotatable bonds is 6. The van der Waals surface area contributed by atoms with Gasteiger partial charge in [0, 0.05) is 19.3 Å². The van der Waals surface area contributed by atoms with Crippen molar-refractivity contribution in [2.75, 3.05) is 12.4 Å². The standard InChI is InChI=1S/C21H24N2O2/c1-3-15-9-11-17(12-10-15)22-20(24)18-13-19(18)21(25)23(2)14-16-7-5-4-6-8-16/h4-12,18-19H,3,13-14H2,1-2H3,(H,22,24). The number of nitrogens with zero attached hydrogens (tertiary/aromatic N) is 1. The molecule has 1 N–H and O–H groups in total. The van der Waals surface area contributed by atoms with Crippen LogP contribution in [0.3, 0.4) is 0 Å². The van der Waals surface area contributed by atoms with Gasteiger partial charge in [0.2, 0.25) is 11.8 Å². The van der Waals surface area contributed by atoms with Crippen molar-refractivity contribution in [1.29, 1.82) is 0 Å². The van der Waals surface area contributed by atoms with E-state index >= 15 is 0 Å². The molecule has 2 atom stereocenters. The Morgan fingerprint density at radius 1 is 1.00 bits per heavy atom. The maximum atomic E-state index is 12.5. The van der Waals surface area contributed by atoms with Crippen molar-refractivity contribution in [2.24, 2.45) is 11.8 Å². The Morgan fingerprint density at radius 2 is 1.68 bits per heavy atom. The zero-order chi connectivity index (χ0) is 17.8. The summed E-state index contributed by atoms with van der Waals surface area (Å²) in [4.78, 5) is 26.6. The second kappa shape index (κ2) is 7.51. The lowest BCUT2D eigenvalue weighted by Crippen LogP contribution is -2.29. The summed E-state index contributed by atoms with van der Waals surface area (Å²) in [5.41, 5.74) is 3.12. The summed E-state index contributed by atoms with van der Waals surface area (Å²) in [6.07, 6.45) is 1.61. The minimum Gasteiger partial charge on any atom is -0.341 e. The zero-order valence-corrected chi connectivity index (χ0v) is 14.7. The Labute approximate surface area is 148 Å². The molecule has 2 amide bonds. The van der Waals surface area contributed by atoms with E-state index in [0.29, 0.717) is 13.0 Å². The molecule has 1 fully saturated rings. The number of aryl methyl sites for hydroxylation is 1. The fraction of sp³-hybridized carbons (Fsp3) is 0.333. The van der Waals surface area contributed by atoms with Crippen molar-refractivity contribution in [2.45, 2.75) is 26.3 Å². The van der Waals surface area contributed by atoms with Gasteiger partial charge >= 0.3 is 0 Å². The molecule has 0 heterocycles. The van der Waals surface area contributed by atoms with Gasteiger partial charge < -0.3 is 10.2 Å². The van der Waals surface area contributed by atoms with Crippen LogP contribution in [-0.2, 0) is 22.6 Å². The highest BCUT2D eigenvalue weighted by atomic mass is 16.2. The number of carbonyl (C=O) groups excluding carboxylic acids is 2. The summed E-state index contributed by atoms with van der Waals surface area (Å²) < 4.78 is 0. The number of nitrogens with one attached hydrogen (secondary N) is 1. The Balaban J connectivity index is 1.52. The van der Waals surface area contributed by atoms with Gasteiger partial charge in [0.25, 0.3) is 0 Å². The molecule has 1 saturated carbocycles. The normalized spacial score (nSPS) is 18.5. The second-order valence-corrected chi connectivity index (χ2v) is 6.67. The minimum atomic E-state index is -0.212. The van der Waals surface area contributed by atoms with Gasteiger partial charge in [0.15, 0.2) is 0 Å². The molecule has 2 aromatic carbocycles. The van der Waals surface area contributed by atoms with Gasteiger partial charge in [-0.25, -0.2) is 0 Å². The highest BCUT2D eigenvalue weighted by molar-refractivity contribution is 5.99. The quantitative estimate of drug-likeness (QED) is 0.878. The second-order valence-electron chi connectivity index (χ2n) is 6.67. The molecule has 2 aromatic rings. The molecular formula is C21H24N2O2. The predicted octanol–water partition coefficient (Wildman–Crippen LogP) is 3.48. The molecule has 0 spiro atoms. The van der Waals surface area contributed by atoms with E-state index in [1.807, 2.05) is 54.6 Å². The van der Waals surface area contributed by atoms with E-state index in [9.17, 15) is 9.59 Å². The Kier molecular flexibility index (Phi) is 5.17. The molecule has 4 heteroatoms. The average Bonchev–Trinajstić information content (AvgIpc) is 3.43. The molecular weight excluding hydrogens is 312 g/mol. The lowest BCUT2D eigenvalue weighted by molar-refractivity contribution is -0.133. The molecule has 3 rings (SSSR count). The summed E-state index contributed by atoms with van der Waals surface area (Å²) in [5, 5.41) is 2.92. The van der Waals surface area contributed by atoms with Gasteiger partial charge in [-0.15, -0.1) is 0 Å². The van der Waals surface area contributed by atoms with Crippen LogP contribution in [0.1, 0.15) is 24.5 Å². The minimum absolute atomic E-state index is 0.0466. The number of amides is 2. The summed E-state index contributed by atoms with van der Waals surface area (Å²) in [5.74, 6) is -0.416. The number of hydrogen-bond donors (Lipinski definition) is 1. The van der Waals surface area contributed by atoms with E-state index in [1.54, 1.807) is 11.9 Å². The molecule has 0 saturated heterocycles. The molecule has 1 aliphatic rings. The van der Waals surface area contributed by atoms with Crippen LogP contribution >= 0.6 is 0 Å². The lowest BCUT2D eigenvalue weighted by atomic mass is 10.1. The van der Waals surface area contributed by atoms with Crippen molar-refractivity contribution in [3.63, 3.8) is 0 Å². The van der Waals surface area contributed by atoms with Crippen LogP contribution in [-0.4, -0.2) is 23.8 Å². The van der Waals surface area contributed by atoms with E-state index in [0.717, 1.165) is 17.7 Å². The van der Waals surface area contributed by atoms with Gasteiger partial charge in [-0.3, -0.25) is 9.59 Å². The van der Waals surface area contributed by atoms with Crippen LogP contribution in [0, 0.1) is 11.8 Å². The maximum Gasteiger partial charge on any atom is 0.228 e. The third-order valence-corrected chi connectivity index (χ3v) is 4.71. The number of anilines is 1. The summed E-state index contributed by atoms with van der Waals surface area (Å²) in [6.45, 7) is 2.67. The average molecular weight is 336 g/mol. The fourth-order valence-electron chi connectivity index (χ4n) is 3.03. The molecule has 0 bridgehead atoms. The number of benzene rings is 2.